The number of carbonyl (C=O) groups is 1. The summed E-state index contributed by atoms with van der Waals surface area (Å²) in [5, 5.41) is 14.4. The van der Waals surface area contributed by atoms with Crippen molar-refractivity contribution in [1.82, 2.24) is 9.55 Å². The third-order valence-corrected chi connectivity index (χ3v) is 4.48. The highest BCUT2D eigenvalue weighted by Crippen LogP contribution is 2.38. The van der Waals surface area contributed by atoms with E-state index < -0.39 is 16.9 Å². The number of nitro groups is 1. The Morgan fingerprint density at radius 1 is 1.43 bits per heavy atom. The van der Waals surface area contributed by atoms with Crippen molar-refractivity contribution in [1.29, 1.82) is 0 Å². The van der Waals surface area contributed by atoms with Gasteiger partial charge in [0.1, 0.15) is 0 Å². The van der Waals surface area contributed by atoms with Crippen LogP contribution in [0.1, 0.15) is 38.1 Å². The maximum atomic E-state index is 12.6. The van der Waals surface area contributed by atoms with Gasteiger partial charge in [-0.05, 0) is 26.3 Å². The number of aromatic nitrogens is 2. The third kappa shape index (κ3) is 3.61. The molecule has 1 aliphatic heterocycles. The van der Waals surface area contributed by atoms with E-state index in [-0.39, 0.29) is 18.4 Å². The van der Waals surface area contributed by atoms with Crippen LogP contribution in [-0.2, 0) is 20.9 Å². The number of imidazole rings is 1. The van der Waals surface area contributed by atoms with E-state index in [4.69, 9.17) is 9.47 Å². The predicted molar refractivity (Wildman–Crippen MR) is 102 cm³/mol. The lowest BCUT2D eigenvalue weighted by atomic mass is 9.94. The van der Waals surface area contributed by atoms with Crippen LogP contribution in [0, 0.1) is 10.1 Å². The first kappa shape index (κ1) is 19.6. The molecule has 148 valence electrons. The molecule has 0 saturated carbocycles. The summed E-state index contributed by atoms with van der Waals surface area (Å²) in [4.78, 5) is 27.8. The number of hydrogen-bond acceptors (Lipinski definition) is 7. The van der Waals surface area contributed by atoms with Gasteiger partial charge in [0.25, 0.3) is 5.69 Å². The minimum Gasteiger partial charge on any atom is -0.466 e. The third-order valence-electron chi connectivity index (χ3n) is 4.48. The standard InChI is InChI=1S/C19H22N4O5/c1-11(2)28-10-15-9-20-19-21-12(3)16(18(24)27-4)17(22(15)19)13-6-5-7-14(8-13)23(25)26/h5-9,11,17H,10H2,1-4H3,(H,20,21). The van der Waals surface area contributed by atoms with Crippen molar-refractivity contribution in [2.75, 3.05) is 12.4 Å². The fourth-order valence-corrected chi connectivity index (χ4v) is 3.20. The molecule has 2 heterocycles. The van der Waals surface area contributed by atoms with Gasteiger partial charge >= 0.3 is 5.97 Å². The summed E-state index contributed by atoms with van der Waals surface area (Å²) in [5.41, 5.74) is 2.21. The number of benzene rings is 1. The number of anilines is 1. The molecule has 0 spiro atoms. The van der Waals surface area contributed by atoms with Gasteiger partial charge in [-0.25, -0.2) is 9.78 Å². The lowest BCUT2D eigenvalue weighted by Gasteiger charge is -2.30. The SMILES string of the molecule is COC(=O)C1=C(C)Nc2ncc(COC(C)C)n2C1c1cccc([N+](=O)[O-])c1. The Morgan fingerprint density at radius 3 is 2.82 bits per heavy atom. The van der Waals surface area contributed by atoms with Gasteiger partial charge in [0, 0.05) is 17.8 Å². The van der Waals surface area contributed by atoms with Gasteiger partial charge in [0.2, 0.25) is 5.95 Å². The lowest BCUT2D eigenvalue weighted by Crippen LogP contribution is -2.29. The van der Waals surface area contributed by atoms with E-state index in [2.05, 4.69) is 10.3 Å². The summed E-state index contributed by atoms with van der Waals surface area (Å²) in [6, 6.07) is 5.59. The molecule has 1 atom stereocenters. The Hall–Kier alpha value is -3.20. The average Bonchev–Trinajstić information content (AvgIpc) is 3.07. The second-order valence-corrected chi connectivity index (χ2v) is 6.71. The van der Waals surface area contributed by atoms with Crippen LogP contribution >= 0.6 is 0 Å². The van der Waals surface area contributed by atoms with Crippen molar-refractivity contribution in [3.05, 3.63) is 63.1 Å². The van der Waals surface area contributed by atoms with Gasteiger partial charge in [0.05, 0.1) is 48.2 Å². The number of methoxy groups -OCH3 is 1. The number of nitrogens with zero attached hydrogens (tertiary/aromatic N) is 3. The molecule has 9 heteroatoms. The van der Waals surface area contributed by atoms with Crippen LogP contribution in [-0.4, -0.2) is 33.7 Å². The number of ether oxygens (including phenoxy) is 2. The van der Waals surface area contributed by atoms with Gasteiger partial charge in [-0.2, -0.15) is 0 Å². The van der Waals surface area contributed by atoms with E-state index in [9.17, 15) is 14.9 Å². The van der Waals surface area contributed by atoms with E-state index in [0.717, 1.165) is 5.69 Å². The number of fused-ring (bicyclic) bond motifs is 1. The largest absolute Gasteiger partial charge is 0.466 e. The molecule has 0 saturated heterocycles. The summed E-state index contributed by atoms with van der Waals surface area (Å²) in [7, 11) is 1.30. The first-order chi connectivity index (χ1) is 13.3. The Bertz CT molecular complexity index is 948. The van der Waals surface area contributed by atoms with Crippen molar-refractivity contribution in [3.8, 4) is 0 Å². The lowest BCUT2D eigenvalue weighted by molar-refractivity contribution is -0.384. The summed E-state index contributed by atoms with van der Waals surface area (Å²) < 4.78 is 12.5. The van der Waals surface area contributed by atoms with Crippen LogP contribution in [0.4, 0.5) is 11.6 Å². The number of carbonyl (C=O) groups excluding carboxylic acids is 1. The molecular formula is C19H22N4O5. The molecule has 0 fully saturated rings. The van der Waals surface area contributed by atoms with Crippen LogP contribution in [0.3, 0.4) is 0 Å². The van der Waals surface area contributed by atoms with Gasteiger partial charge in [-0.1, -0.05) is 12.1 Å². The van der Waals surface area contributed by atoms with Crippen LogP contribution in [0.25, 0.3) is 0 Å². The van der Waals surface area contributed by atoms with E-state index in [1.165, 1.54) is 19.2 Å². The van der Waals surface area contributed by atoms with Gasteiger partial charge in [0.15, 0.2) is 0 Å². The van der Waals surface area contributed by atoms with E-state index in [1.807, 2.05) is 18.4 Å². The van der Waals surface area contributed by atoms with Crippen LogP contribution in [0.2, 0.25) is 0 Å². The Labute approximate surface area is 162 Å². The molecule has 1 aromatic heterocycles. The predicted octanol–water partition coefficient (Wildman–Crippen LogP) is 3.18. The molecule has 0 amide bonds. The van der Waals surface area contributed by atoms with Crippen molar-refractivity contribution >= 4 is 17.6 Å². The van der Waals surface area contributed by atoms with Crippen LogP contribution < -0.4 is 5.32 Å². The maximum Gasteiger partial charge on any atom is 0.337 e. The summed E-state index contributed by atoms with van der Waals surface area (Å²) >= 11 is 0. The topological polar surface area (TPSA) is 109 Å². The second kappa shape index (κ2) is 7.81. The molecule has 9 nitrogen and oxygen atoms in total. The normalized spacial score (nSPS) is 16.0. The Balaban J connectivity index is 2.18. The van der Waals surface area contributed by atoms with Crippen LogP contribution in [0.15, 0.2) is 41.7 Å². The van der Waals surface area contributed by atoms with Crippen molar-refractivity contribution in [3.63, 3.8) is 0 Å². The molecule has 0 aliphatic carbocycles. The van der Waals surface area contributed by atoms with Crippen LogP contribution in [0.5, 0.6) is 0 Å². The zero-order valence-electron chi connectivity index (χ0n) is 16.1. The van der Waals surface area contributed by atoms with Gasteiger partial charge in [-0.15, -0.1) is 0 Å². The quantitative estimate of drug-likeness (QED) is 0.461. The first-order valence-corrected chi connectivity index (χ1v) is 8.81. The molecule has 3 rings (SSSR count). The molecule has 1 aromatic carbocycles. The minimum atomic E-state index is -0.628. The van der Waals surface area contributed by atoms with Gasteiger partial charge in [-0.3, -0.25) is 14.7 Å². The number of hydrogen-bond donors (Lipinski definition) is 1. The smallest absolute Gasteiger partial charge is 0.337 e. The minimum absolute atomic E-state index is 0.0105. The molecule has 0 bridgehead atoms. The summed E-state index contributed by atoms with van der Waals surface area (Å²) in [6.07, 6.45) is 1.68. The van der Waals surface area contributed by atoms with Crippen molar-refractivity contribution in [2.45, 2.75) is 39.5 Å². The highest BCUT2D eigenvalue weighted by atomic mass is 16.6. The number of rotatable bonds is 6. The highest BCUT2D eigenvalue weighted by molar-refractivity contribution is 5.92. The number of nitro benzene ring substituents is 1. The monoisotopic (exact) mass is 386 g/mol. The van der Waals surface area contributed by atoms with Crippen molar-refractivity contribution < 1.29 is 19.2 Å². The van der Waals surface area contributed by atoms with Gasteiger partial charge < -0.3 is 14.8 Å². The van der Waals surface area contributed by atoms with Crippen molar-refractivity contribution in [2.24, 2.45) is 0 Å². The molecule has 1 unspecified atom stereocenters. The molecule has 1 N–H and O–H groups in total. The number of esters is 1. The van der Waals surface area contributed by atoms with E-state index in [0.29, 0.717) is 22.8 Å². The van der Waals surface area contributed by atoms with E-state index >= 15 is 0 Å². The highest BCUT2D eigenvalue weighted by Gasteiger charge is 2.35. The zero-order valence-corrected chi connectivity index (χ0v) is 16.1. The number of allylic oxidation sites excluding steroid dienone is 1. The molecular weight excluding hydrogens is 364 g/mol. The molecule has 28 heavy (non-hydrogen) atoms. The molecule has 0 radical (unpaired) electrons. The summed E-state index contributed by atoms with van der Waals surface area (Å²) in [6.45, 7) is 5.88. The zero-order chi connectivity index (χ0) is 20.4. The maximum absolute atomic E-state index is 12.6. The number of nitrogens with one attached hydrogen (secondary N) is 1. The second-order valence-electron chi connectivity index (χ2n) is 6.71. The number of non-ortho nitro benzene ring substituents is 1. The Kier molecular flexibility index (Phi) is 5.46. The Morgan fingerprint density at radius 2 is 2.18 bits per heavy atom. The molecule has 2 aromatic rings. The van der Waals surface area contributed by atoms with E-state index in [1.54, 1.807) is 25.3 Å². The average molecular weight is 386 g/mol. The summed E-state index contributed by atoms with van der Waals surface area (Å²) in [5.74, 6) is 0.0144. The fourth-order valence-electron chi connectivity index (χ4n) is 3.20. The molecule has 1 aliphatic rings. The first-order valence-electron chi connectivity index (χ1n) is 8.81. The fraction of sp³-hybridized carbons (Fsp3) is 0.368.